The number of hydrogen-bond acceptors (Lipinski definition) is 1. The Morgan fingerprint density at radius 3 is 1.78 bits per heavy atom. The highest BCUT2D eigenvalue weighted by molar-refractivity contribution is 5.40. The molecule has 0 bridgehead atoms. The summed E-state index contributed by atoms with van der Waals surface area (Å²) < 4.78 is 5.74. The monoisotopic (exact) mass is 301 g/mol. The molecule has 1 heteroatoms. The molecule has 0 aliphatic rings. The smallest absolute Gasteiger partial charge is 0.165 e. The minimum absolute atomic E-state index is 0.0249. The van der Waals surface area contributed by atoms with Gasteiger partial charge in [0.15, 0.2) is 6.61 Å². The SMILES string of the molecule is CC(C)(c1ccccc1)c1ccc(O[CH]c2ccccc2)cc1. The van der Waals surface area contributed by atoms with Crippen LogP contribution in [0.5, 0.6) is 5.75 Å². The first-order valence-corrected chi connectivity index (χ1v) is 7.87. The second kappa shape index (κ2) is 6.70. The molecule has 0 spiro atoms. The summed E-state index contributed by atoms with van der Waals surface area (Å²) in [4.78, 5) is 0. The van der Waals surface area contributed by atoms with Crippen molar-refractivity contribution in [2.45, 2.75) is 19.3 Å². The number of ether oxygens (including phenoxy) is 1. The first kappa shape index (κ1) is 15.4. The third kappa shape index (κ3) is 3.62. The van der Waals surface area contributed by atoms with Gasteiger partial charge in [-0.05, 0) is 28.8 Å². The molecule has 3 rings (SSSR count). The Labute approximate surface area is 138 Å². The van der Waals surface area contributed by atoms with Crippen molar-refractivity contribution >= 4 is 0 Å². The Bertz CT molecular complexity index is 728. The minimum Gasteiger partial charge on any atom is -0.481 e. The standard InChI is InChI=1S/C22H21O/c1-22(2,19-11-7-4-8-12-19)20-13-15-21(16-14-20)23-17-18-9-5-3-6-10-18/h3-17H,1-2H3. The van der Waals surface area contributed by atoms with Gasteiger partial charge in [0, 0.05) is 5.41 Å². The molecule has 0 unspecified atom stereocenters. The Kier molecular flexibility index (Phi) is 4.47. The zero-order valence-electron chi connectivity index (χ0n) is 13.6. The van der Waals surface area contributed by atoms with Crippen LogP contribution >= 0.6 is 0 Å². The molecule has 0 saturated heterocycles. The Morgan fingerprint density at radius 2 is 1.17 bits per heavy atom. The molecule has 115 valence electrons. The molecule has 0 aliphatic heterocycles. The van der Waals surface area contributed by atoms with Crippen LogP contribution in [0.4, 0.5) is 0 Å². The van der Waals surface area contributed by atoms with Gasteiger partial charge in [-0.15, -0.1) is 0 Å². The van der Waals surface area contributed by atoms with E-state index >= 15 is 0 Å². The summed E-state index contributed by atoms with van der Waals surface area (Å²) in [5.74, 6) is 0.849. The van der Waals surface area contributed by atoms with Crippen molar-refractivity contribution in [3.63, 3.8) is 0 Å². The first-order chi connectivity index (χ1) is 11.2. The molecule has 0 aromatic heterocycles. The van der Waals surface area contributed by atoms with E-state index in [1.54, 1.807) is 6.61 Å². The molecule has 23 heavy (non-hydrogen) atoms. The van der Waals surface area contributed by atoms with Gasteiger partial charge in [0.25, 0.3) is 0 Å². The van der Waals surface area contributed by atoms with E-state index in [-0.39, 0.29) is 5.41 Å². The van der Waals surface area contributed by atoms with Crippen molar-refractivity contribution in [1.82, 2.24) is 0 Å². The summed E-state index contributed by atoms with van der Waals surface area (Å²) in [6.45, 7) is 6.26. The topological polar surface area (TPSA) is 9.23 Å². The average Bonchev–Trinajstić information content (AvgIpc) is 2.62. The van der Waals surface area contributed by atoms with Crippen LogP contribution in [-0.4, -0.2) is 0 Å². The van der Waals surface area contributed by atoms with Crippen LogP contribution < -0.4 is 4.74 Å². The lowest BCUT2D eigenvalue weighted by Gasteiger charge is -2.26. The molecule has 0 aliphatic carbocycles. The molecule has 3 aromatic rings. The van der Waals surface area contributed by atoms with Gasteiger partial charge in [0.05, 0.1) is 0 Å². The van der Waals surface area contributed by atoms with Gasteiger partial charge in [0.1, 0.15) is 5.75 Å². The molecule has 1 radical (unpaired) electrons. The Morgan fingerprint density at radius 1 is 0.652 bits per heavy atom. The van der Waals surface area contributed by atoms with Gasteiger partial charge in [-0.2, -0.15) is 0 Å². The van der Waals surface area contributed by atoms with E-state index in [0.717, 1.165) is 11.3 Å². The summed E-state index contributed by atoms with van der Waals surface area (Å²) in [6.07, 6.45) is 0. The molecule has 1 nitrogen and oxygen atoms in total. The van der Waals surface area contributed by atoms with Gasteiger partial charge in [0.2, 0.25) is 0 Å². The zero-order valence-corrected chi connectivity index (χ0v) is 13.6. The first-order valence-electron chi connectivity index (χ1n) is 7.87. The van der Waals surface area contributed by atoms with Crippen molar-refractivity contribution < 1.29 is 4.74 Å². The highest BCUT2D eigenvalue weighted by atomic mass is 16.5. The Balaban J connectivity index is 1.72. The van der Waals surface area contributed by atoms with Gasteiger partial charge >= 0.3 is 0 Å². The fourth-order valence-electron chi connectivity index (χ4n) is 2.64. The number of rotatable bonds is 5. The fraction of sp³-hybridized carbons (Fsp3) is 0.136. The maximum atomic E-state index is 5.74. The lowest BCUT2D eigenvalue weighted by molar-refractivity contribution is 0.428. The van der Waals surface area contributed by atoms with Crippen LogP contribution in [0.1, 0.15) is 30.5 Å². The molecule has 0 amide bonds. The van der Waals surface area contributed by atoms with Gasteiger partial charge in [-0.3, -0.25) is 0 Å². The van der Waals surface area contributed by atoms with Gasteiger partial charge in [-0.1, -0.05) is 86.6 Å². The van der Waals surface area contributed by atoms with Gasteiger partial charge < -0.3 is 4.74 Å². The van der Waals surface area contributed by atoms with Gasteiger partial charge in [-0.25, -0.2) is 0 Å². The van der Waals surface area contributed by atoms with Crippen LogP contribution in [0.25, 0.3) is 0 Å². The maximum Gasteiger partial charge on any atom is 0.165 e. The number of benzene rings is 3. The molecule has 0 saturated carbocycles. The van der Waals surface area contributed by atoms with Crippen molar-refractivity contribution in [2.75, 3.05) is 0 Å². The highest BCUT2D eigenvalue weighted by Crippen LogP contribution is 2.32. The van der Waals surface area contributed by atoms with E-state index in [2.05, 4.69) is 56.3 Å². The predicted molar refractivity (Wildman–Crippen MR) is 95.5 cm³/mol. The van der Waals surface area contributed by atoms with E-state index in [4.69, 9.17) is 4.74 Å². The summed E-state index contributed by atoms with van der Waals surface area (Å²) in [7, 11) is 0. The summed E-state index contributed by atoms with van der Waals surface area (Å²) in [5, 5.41) is 0. The summed E-state index contributed by atoms with van der Waals surface area (Å²) in [6, 6.07) is 28.9. The lowest BCUT2D eigenvalue weighted by atomic mass is 9.78. The van der Waals surface area contributed by atoms with E-state index < -0.39 is 0 Å². The predicted octanol–water partition coefficient (Wildman–Crippen LogP) is 5.60. The second-order valence-corrected chi connectivity index (χ2v) is 6.16. The molecule has 0 heterocycles. The maximum absolute atomic E-state index is 5.74. The van der Waals surface area contributed by atoms with Crippen LogP contribution in [-0.2, 0) is 5.41 Å². The fourth-order valence-corrected chi connectivity index (χ4v) is 2.64. The van der Waals surface area contributed by atoms with E-state index in [1.807, 2.05) is 42.5 Å². The molecule has 0 fully saturated rings. The van der Waals surface area contributed by atoms with Crippen LogP contribution in [0, 0.1) is 6.61 Å². The highest BCUT2D eigenvalue weighted by Gasteiger charge is 2.22. The second-order valence-electron chi connectivity index (χ2n) is 6.16. The largest absolute Gasteiger partial charge is 0.481 e. The normalized spacial score (nSPS) is 11.2. The van der Waals surface area contributed by atoms with Crippen LogP contribution in [0.2, 0.25) is 0 Å². The third-order valence-corrected chi connectivity index (χ3v) is 4.20. The van der Waals surface area contributed by atoms with Crippen molar-refractivity contribution in [3.8, 4) is 5.75 Å². The summed E-state index contributed by atoms with van der Waals surface area (Å²) >= 11 is 0. The quantitative estimate of drug-likeness (QED) is 0.596. The number of hydrogen-bond donors (Lipinski definition) is 0. The molecule has 0 N–H and O–H groups in total. The molecule has 3 aromatic carbocycles. The van der Waals surface area contributed by atoms with Crippen molar-refractivity contribution in [1.29, 1.82) is 0 Å². The molecule has 0 atom stereocenters. The van der Waals surface area contributed by atoms with Crippen LogP contribution in [0.15, 0.2) is 84.9 Å². The summed E-state index contributed by atoms with van der Waals surface area (Å²) in [5.41, 5.74) is 3.62. The Hall–Kier alpha value is -2.54. The van der Waals surface area contributed by atoms with E-state index in [1.165, 1.54) is 11.1 Å². The van der Waals surface area contributed by atoms with E-state index in [9.17, 15) is 0 Å². The minimum atomic E-state index is -0.0249. The average molecular weight is 301 g/mol. The lowest BCUT2D eigenvalue weighted by Crippen LogP contribution is -2.18. The van der Waals surface area contributed by atoms with Crippen LogP contribution in [0.3, 0.4) is 0 Å². The zero-order chi connectivity index (χ0) is 16.1. The third-order valence-electron chi connectivity index (χ3n) is 4.20. The van der Waals surface area contributed by atoms with Crippen molar-refractivity contribution in [3.05, 3.63) is 108 Å². The van der Waals surface area contributed by atoms with E-state index in [0.29, 0.717) is 0 Å². The molecular formula is C22H21O. The van der Waals surface area contributed by atoms with Crippen molar-refractivity contribution in [2.24, 2.45) is 0 Å². The molecular weight excluding hydrogens is 280 g/mol.